The van der Waals surface area contributed by atoms with Gasteiger partial charge in [0, 0.05) is 18.6 Å². The summed E-state index contributed by atoms with van der Waals surface area (Å²) >= 11 is 0. The lowest BCUT2D eigenvalue weighted by Crippen LogP contribution is -2.48. The highest BCUT2D eigenvalue weighted by Gasteiger charge is 2.30. The fourth-order valence-electron chi connectivity index (χ4n) is 2.40. The topological polar surface area (TPSA) is 78.1 Å². The van der Waals surface area contributed by atoms with Crippen LogP contribution in [0.25, 0.3) is 0 Å². The van der Waals surface area contributed by atoms with Crippen molar-refractivity contribution in [3.05, 3.63) is 12.3 Å². The summed E-state index contributed by atoms with van der Waals surface area (Å²) in [7, 11) is -3.48. The van der Waals surface area contributed by atoms with E-state index in [1.54, 1.807) is 4.31 Å². The lowest BCUT2D eigenvalue weighted by Gasteiger charge is -2.31. The van der Waals surface area contributed by atoms with E-state index < -0.39 is 10.0 Å². The van der Waals surface area contributed by atoms with Crippen LogP contribution < -0.4 is 5.32 Å². The van der Waals surface area contributed by atoms with Gasteiger partial charge in [-0.25, -0.2) is 8.42 Å². The van der Waals surface area contributed by atoms with Gasteiger partial charge in [-0.1, -0.05) is 6.42 Å². The summed E-state index contributed by atoms with van der Waals surface area (Å²) in [5.41, 5.74) is 0. The highest BCUT2D eigenvalue weighted by atomic mass is 32.2. The molecule has 1 atom stereocenters. The zero-order valence-corrected chi connectivity index (χ0v) is 12.3. The molecule has 0 aromatic carbocycles. The molecule has 2 heterocycles. The van der Waals surface area contributed by atoms with E-state index in [0.717, 1.165) is 19.4 Å². The van der Waals surface area contributed by atoms with Crippen LogP contribution in [0.5, 0.6) is 0 Å². The van der Waals surface area contributed by atoms with Crippen molar-refractivity contribution in [2.24, 2.45) is 0 Å². The quantitative estimate of drug-likeness (QED) is 0.845. The zero-order valence-electron chi connectivity index (χ0n) is 11.5. The van der Waals surface area contributed by atoms with Gasteiger partial charge in [-0.2, -0.15) is 9.40 Å². The molecule has 0 spiro atoms. The van der Waals surface area contributed by atoms with E-state index in [-0.39, 0.29) is 17.1 Å². The van der Waals surface area contributed by atoms with Crippen LogP contribution in [0.2, 0.25) is 0 Å². The molecule has 1 fully saturated rings. The SMILES string of the molecule is CC(C)N(CC1CCCCN1)S(=O)(=O)c1ccn[nH]1. The number of nitrogens with one attached hydrogen (secondary N) is 2. The van der Waals surface area contributed by atoms with Crippen molar-refractivity contribution < 1.29 is 8.42 Å². The molecule has 1 unspecified atom stereocenters. The van der Waals surface area contributed by atoms with Crippen LogP contribution in [0.3, 0.4) is 0 Å². The molecule has 0 saturated carbocycles. The van der Waals surface area contributed by atoms with Crippen LogP contribution in [0.1, 0.15) is 33.1 Å². The molecule has 0 bridgehead atoms. The third-order valence-electron chi connectivity index (χ3n) is 3.45. The minimum atomic E-state index is -3.48. The molecule has 1 aliphatic rings. The highest BCUT2D eigenvalue weighted by Crippen LogP contribution is 2.18. The molecule has 2 N–H and O–H groups in total. The van der Waals surface area contributed by atoms with Gasteiger partial charge in [0.2, 0.25) is 0 Å². The predicted molar refractivity (Wildman–Crippen MR) is 73.3 cm³/mol. The minimum Gasteiger partial charge on any atom is -0.313 e. The summed E-state index contributed by atoms with van der Waals surface area (Å²) in [5.74, 6) is 0. The second-order valence-electron chi connectivity index (χ2n) is 5.24. The zero-order chi connectivity index (χ0) is 13.9. The monoisotopic (exact) mass is 286 g/mol. The number of sulfonamides is 1. The Hall–Kier alpha value is -0.920. The van der Waals surface area contributed by atoms with Crippen molar-refractivity contribution in [1.29, 1.82) is 0 Å². The number of piperidine rings is 1. The Labute approximate surface area is 114 Å². The van der Waals surface area contributed by atoms with Gasteiger partial charge in [-0.05, 0) is 39.3 Å². The first-order valence-electron chi connectivity index (χ1n) is 6.76. The van der Waals surface area contributed by atoms with Crippen molar-refractivity contribution in [2.45, 2.75) is 50.2 Å². The summed E-state index contributed by atoms with van der Waals surface area (Å²) in [4.78, 5) is 0. The second kappa shape index (κ2) is 6.02. The Kier molecular flexibility index (Phi) is 4.59. The number of nitrogens with zero attached hydrogens (tertiary/aromatic N) is 2. The fourth-order valence-corrected chi connectivity index (χ4v) is 3.98. The number of aromatic nitrogens is 2. The van der Waals surface area contributed by atoms with Crippen molar-refractivity contribution in [3.63, 3.8) is 0 Å². The van der Waals surface area contributed by atoms with Gasteiger partial charge in [0.25, 0.3) is 10.0 Å². The van der Waals surface area contributed by atoms with Gasteiger partial charge in [-0.3, -0.25) is 5.10 Å². The summed E-state index contributed by atoms with van der Waals surface area (Å²) in [5, 5.41) is 9.83. The second-order valence-corrected chi connectivity index (χ2v) is 7.10. The van der Waals surface area contributed by atoms with Crippen molar-refractivity contribution in [1.82, 2.24) is 19.8 Å². The molecule has 1 aliphatic heterocycles. The first kappa shape index (κ1) is 14.5. The molecule has 7 heteroatoms. The van der Waals surface area contributed by atoms with Gasteiger partial charge in [0.05, 0.1) is 6.20 Å². The third-order valence-corrected chi connectivity index (χ3v) is 5.42. The van der Waals surface area contributed by atoms with E-state index in [0.29, 0.717) is 6.54 Å². The van der Waals surface area contributed by atoms with Crippen molar-refractivity contribution in [2.75, 3.05) is 13.1 Å². The smallest absolute Gasteiger partial charge is 0.260 e. The molecule has 19 heavy (non-hydrogen) atoms. The first-order valence-corrected chi connectivity index (χ1v) is 8.20. The summed E-state index contributed by atoms with van der Waals surface area (Å²) in [6, 6.07) is 1.67. The molecular formula is C12H22N4O2S. The van der Waals surface area contributed by atoms with Gasteiger partial charge >= 0.3 is 0 Å². The average molecular weight is 286 g/mol. The number of aromatic amines is 1. The highest BCUT2D eigenvalue weighted by molar-refractivity contribution is 7.89. The Morgan fingerprint density at radius 1 is 1.47 bits per heavy atom. The number of H-pyrrole nitrogens is 1. The Morgan fingerprint density at radius 3 is 2.79 bits per heavy atom. The van der Waals surface area contributed by atoms with Crippen LogP contribution in [-0.2, 0) is 10.0 Å². The van der Waals surface area contributed by atoms with E-state index in [4.69, 9.17) is 0 Å². The summed E-state index contributed by atoms with van der Waals surface area (Å²) in [6.45, 7) is 5.28. The Morgan fingerprint density at radius 2 is 2.26 bits per heavy atom. The van der Waals surface area contributed by atoms with Crippen molar-refractivity contribution in [3.8, 4) is 0 Å². The molecule has 6 nitrogen and oxygen atoms in total. The molecule has 108 valence electrons. The maximum Gasteiger partial charge on any atom is 0.260 e. The van der Waals surface area contributed by atoms with E-state index in [2.05, 4.69) is 15.5 Å². The molecule has 0 amide bonds. The lowest BCUT2D eigenvalue weighted by molar-refractivity contribution is 0.282. The van der Waals surface area contributed by atoms with Crippen LogP contribution >= 0.6 is 0 Å². The molecule has 1 aromatic rings. The molecule has 1 aromatic heterocycles. The molecule has 0 radical (unpaired) electrons. The van der Waals surface area contributed by atoms with E-state index >= 15 is 0 Å². The van der Waals surface area contributed by atoms with Gasteiger partial charge in [-0.15, -0.1) is 0 Å². The molecule has 1 saturated heterocycles. The predicted octanol–water partition coefficient (Wildman–Crippen LogP) is 0.951. The van der Waals surface area contributed by atoms with E-state index in [9.17, 15) is 8.42 Å². The standard InChI is InChI=1S/C12H22N4O2S/c1-10(2)16(9-11-5-3-4-7-13-11)19(17,18)12-6-8-14-15-12/h6,8,10-11,13H,3-5,7,9H2,1-2H3,(H,14,15). The van der Waals surface area contributed by atoms with Gasteiger partial charge in [0.1, 0.15) is 0 Å². The fraction of sp³-hybridized carbons (Fsp3) is 0.750. The lowest BCUT2D eigenvalue weighted by atomic mass is 10.1. The van der Waals surface area contributed by atoms with Crippen LogP contribution in [0, 0.1) is 0 Å². The van der Waals surface area contributed by atoms with Gasteiger partial charge < -0.3 is 5.32 Å². The third kappa shape index (κ3) is 3.34. The first-order chi connectivity index (χ1) is 9.01. The maximum absolute atomic E-state index is 12.5. The van der Waals surface area contributed by atoms with Gasteiger partial charge in [0.15, 0.2) is 5.03 Å². The number of rotatable bonds is 5. The molecule has 0 aliphatic carbocycles. The number of hydrogen-bond acceptors (Lipinski definition) is 4. The van der Waals surface area contributed by atoms with E-state index in [1.807, 2.05) is 13.8 Å². The average Bonchev–Trinajstić information content (AvgIpc) is 2.91. The summed E-state index contributed by atoms with van der Waals surface area (Å²) in [6.07, 6.45) is 4.82. The Bertz CT molecular complexity index is 478. The maximum atomic E-state index is 12.5. The summed E-state index contributed by atoms with van der Waals surface area (Å²) < 4.78 is 26.6. The Balaban J connectivity index is 2.15. The molecular weight excluding hydrogens is 264 g/mol. The normalized spacial score (nSPS) is 21.2. The van der Waals surface area contributed by atoms with Crippen molar-refractivity contribution >= 4 is 10.0 Å². The molecule has 2 rings (SSSR count). The van der Waals surface area contributed by atoms with Crippen LogP contribution in [0.4, 0.5) is 0 Å². The van der Waals surface area contributed by atoms with E-state index in [1.165, 1.54) is 18.7 Å². The van der Waals surface area contributed by atoms with Crippen LogP contribution in [0.15, 0.2) is 17.3 Å². The number of hydrogen-bond donors (Lipinski definition) is 2. The minimum absolute atomic E-state index is 0.0722. The largest absolute Gasteiger partial charge is 0.313 e. The van der Waals surface area contributed by atoms with Crippen LogP contribution in [-0.4, -0.2) is 48.1 Å².